The van der Waals surface area contributed by atoms with Gasteiger partial charge in [0, 0.05) is 19.6 Å². The molecule has 0 saturated carbocycles. The van der Waals surface area contributed by atoms with Crippen LogP contribution < -0.4 is 10.1 Å². The molecule has 0 heterocycles. The van der Waals surface area contributed by atoms with Gasteiger partial charge in [0.15, 0.2) is 0 Å². The molecule has 0 aliphatic carbocycles. The average Bonchev–Trinajstić information content (AvgIpc) is 2.63. The lowest BCUT2D eigenvalue weighted by atomic mass is 10.1. The minimum Gasteiger partial charge on any atom is -0.497 e. The van der Waals surface area contributed by atoms with Gasteiger partial charge in [0.2, 0.25) is 10.0 Å². The Labute approximate surface area is 159 Å². The molecule has 0 unspecified atom stereocenters. The van der Waals surface area contributed by atoms with Crippen LogP contribution in [-0.4, -0.2) is 51.6 Å². The molecule has 2 aromatic carbocycles. The number of nitrogens with one attached hydrogen (secondary N) is 1. The second-order valence-electron chi connectivity index (χ2n) is 6.00. The lowest BCUT2D eigenvalue weighted by Crippen LogP contribution is -2.39. The van der Waals surface area contributed by atoms with E-state index in [2.05, 4.69) is 5.32 Å². The van der Waals surface area contributed by atoms with Crippen LogP contribution in [0.4, 0.5) is 4.39 Å². The highest BCUT2D eigenvalue weighted by Crippen LogP contribution is 2.14. The normalized spacial score (nSPS) is 11.4. The van der Waals surface area contributed by atoms with Gasteiger partial charge in [-0.05, 0) is 36.2 Å². The van der Waals surface area contributed by atoms with Gasteiger partial charge in [-0.15, -0.1) is 0 Å². The lowest BCUT2D eigenvalue weighted by Gasteiger charge is -2.20. The summed E-state index contributed by atoms with van der Waals surface area (Å²) >= 11 is 0. The van der Waals surface area contributed by atoms with Crippen molar-refractivity contribution in [1.29, 1.82) is 0 Å². The van der Waals surface area contributed by atoms with E-state index in [0.717, 1.165) is 11.8 Å². The third-order valence-corrected chi connectivity index (χ3v) is 5.32. The van der Waals surface area contributed by atoms with Crippen LogP contribution in [0.2, 0.25) is 0 Å². The van der Waals surface area contributed by atoms with E-state index in [1.165, 1.54) is 22.5 Å². The van der Waals surface area contributed by atoms with Crippen LogP contribution >= 0.6 is 0 Å². The summed E-state index contributed by atoms with van der Waals surface area (Å²) in [6.07, 6.45) is 1.63. The summed E-state index contributed by atoms with van der Waals surface area (Å²) in [5, 5.41) is 2.55. The van der Waals surface area contributed by atoms with Gasteiger partial charge in [0.05, 0.1) is 18.9 Å². The highest BCUT2D eigenvalue weighted by molar-refractivity contribution is 7.88. The monoisotopic (exact) mass is 394 g/mol. The van der Waals surface area contributed by atoms with E-state index in [4.69, 9.17) is 4.74 Å². The first-order valence-corrected chi connectivity index (χ1v) is 10.3. The molecule has 0 fully saturated rings. The number of sulfonamides is 1. The number of methoxy groups -OCH3 is 1. The van der Waals surface area contributed by atoms with E-state index in [1.54, 1.807) is 13.2 Å². The van der Waals surface area contributed by atoms with E-state index >= 15 is 0 Å². The summed E-state index contributed by atoms with van der Waals surface area (Å²) in [5.41, 5.74) is 0.873. The quantitative estimate of drug-likeness (QED) is 0.707. The number of halogens is 1. The van der Waals surface area contributed by atoms with Crippen LogP contribution in [-0.2, 0) is 16.4 Å². The van der Waals surface area contributed by atoms with Crippen molar-refractivity contribution in [1.82, 2.24) is 9.62 Å². The van der Waals surface area contributed by atoms with Crippen molar-refractivity contribution in [3.8, 4) is 5.75 Å². The van der Waals surface area contributed by atoms with Gasteiger partial charge >= 0.3 is 0 Å². The van der Waals surface area contributed by atoms with E-state index in [1.807, 2.05) is 24.3 Å². The fourth-order valence-electron chi connectivity index (χ4n) is 2.56. The molecule has 0 saturated heterocycles. The summed E-state index contributed by atoms with van der Waals surface area (Å²) < 4.78 is 44.1. The number of ether oxygens (including phenoxy) is 1. The van der Waals surface area contributed by atoms with E-state index < -0.39 is 21.7 Å². The third kappa shape index (κ3) is 6.33. The predicted octanol–water partition coefficient (Wildman–Crippen LogP) is 2.07. The number of hydrogen-bond donors (Lipinski definition) is 1. The number of benzene rings is 2. The standard InChI is InChI=1S/C19H23FN2O4S/c1-26-16-7-5-6-15(14-16)10-12-22(27(2,24)25)13-11-21-19(23)17-8-3-4-9-18(17)20/h3-9,14H,10-13H2,1-2H3,(H,21,23). The zero-order chi connectivity index (χ0) is 19.9. The maximum Gasteiger partial charge on any atom is 0.254 e. The highest BCUT2D eigenvalue weighted by Gasteiger charge is 2.17. The number of carbonyl (C=O) groups excluding carboxylic acids is 1. The third-order valence-electron chi connectivity index (χ3n) is 4.02. The summed E-state index contributed by atoms with van der Waals surface area (Å²) in [6, 6.07) is 13.0. The van der Waals surface area contributed by atoms with Crippen LogP contribution in [0.1, 0.15) is 15.9 Å². The molecule has 0 aromatic heterocycles. The molecule has 146 valence electrons. The zero-order valence-corrected chi connectivity index (χ0v) is 16.1. The summed E-state index contributed by atoms with van der Waals surface area (Å²) in [7, 11) is -1.88. The van der Waals surface area contributed by atoms with Crippen LogP contribution in [0.5, 0.6) is 5.75 Å². The first kappa shape index (κ1) is 20.9. The number of rotatable bonds is 9. The second kappa shape index (κ2) is 9.48. The van der Waals surface area contributed by atoms with Crippen LogP contribution in [0.15, 0.2) is 48.5 Å². The molecule has 0 bridgehead atoms. The molecule has 0 aliphatic rings. The first-order chi connectivity index (χ1) is 12.8. The Morgan fingerprint density at radius 2 is 1.89 bits per heavy atom. The molecule has 6 nitrogen and oxygen atoms in total. The Kier molecular flexibility index (Phi) is 7.32. The van der Waals surface area contributed by atoms with Crippen molar-refractivity contribution in [2.75, 3.05) is 33.0 Å². The Balaban J connectivity index is 1.93. The molecule has 0 spiro atoms. The zero-order valence-electron chi connectivity index (χ0n) is 15.3. The Morgan fingerprint density at radius 1 is 1.15 bits per heavy atom. The maximum absolute atomic E-state index is 13.6. The second-order valence-corrected chi connectivity index (χ2v) is 7.98. The van der Waals surface area contributed by atoms with Gasteiger partial charge in [-0.1, -0.05) is 24.3 Å². The summed E-state index contributed by atoms with van der Waals surface area (Å²) in [4.78, 5) is 12.0. The molecule has 8 heteroatoms. The van der Waals surface area contributed by atoms with Crippen molar-refractivity contribution in [3.63, 3.8) is 0 Å². The summed E-state index contributed by atoms with van der Waals surface area (Å²) in [5.74, 6) is -0.488. The largest absolute Gasteiger partial charge is 0.497 e. The number of nitrogens with zero attached hydrogens (tertiary/aromatic N) is 1. The molecule has 2 aromatic rings. The minimum absolute atomic E-state index is 0.0696. The van der Waals surface area contributed by atoms with Gasteiger partial charge in [-0.3, -0.25) is 4.79 Å². The smallest absolute Gasteiger partial charge is 0.254 e. The maximum atomic E-state index is 13.6. The lowest BCUT2D eigenvalue weighted by molar-refractivity contribution is 0.0947. The number of carbonyl (C=O) groups is 1. The average molecular weight is 394 g/mol. The molecular weight excluding hydrogens is 371 g/mol. The molecule has 2 rings (SSSR count). The Hall–Kier alpha value is -2.45. The van der Waals surface area contributed by atoms with Crippen LogP contribution in [0, 0.1) is 5.82 Å². The molecule has 0 aliphatic heterocycles. The van der Waals surface area contributed by atoms with E-state index in [9.17, 15) is 17.6 Å². The molecule has 1 N–H and O–H groups in total. The highest BCUT2D eigenvalue weighted by atomic mass is 32.2. The first-order valence-electron chi connectivity index (χ1n) is 8.42. The molecular formula is C19H23FN2O4S. The van der Waals surface area contributed by atoms with Crippen LogP contribution in [0.25, 0.3) is 0 Å². The van der Waals surface area contributed by atoms with E-state index in [-0.39, 0.29) is 25.2 Å². The Bertz CT molecular complexity index is 887. The minimum atomic E-state index is -3.44. The molecule has 0 atom stereocenters. The fraction of sp³-hybridized carbons (Fsp3) is 0.316. The van der Waals surface area contributed by atoms with Crippen molar-refractivity contribution >= 4 is 15.9 Å². The van der Waals surface area contributed by atoms with Crippen LogP contribution in [0.3, 0.4) is 0 Å². The van der Waals surface area contributed by atoms with Crippen molar-refractivity contribution in [3.05, 3.63) is 65.5 Å². The SMILES string of the molecule is COc1cccc(CCN(CCNC(=O)c2ccccc2F)S(C)(=O)=O)c1. The summed E-state index contributed by atoms with van der Waals surface area (Å²) in [6.45, 7) is 0.447. The molecule has 0 radical (unpaired) electrons. The Morgan fingerprint density at radius 3 is 2.56 bits per heavy atom. The van der Waals surface area contributed by atoms with Gasteiger partial charge in [-0.2, -0.15) is 0 Å². The van der Waals surface area contributed by atoms with Crippen molar-refractivity contribution < 1.29 is 22.3 Å². The number of hydrogen-bond acceptors (Lipinski definition) is 4. The molecule has 1 amide bonds. The predicted molar refractivity (Wildman–Crippen MR) is 102 cm³/mol. The van der Waals surface area contributed by atoms with Crippen molar-refractivity contribution in [2.45, 2.75) is 6.42 Å². The van der Waals surface area contributed by atoms with Gasteiger partial charge in [0.1, 0.15) is 11.6 Å². The fourth-order valence-corrected chi connectivity index (χ4v) is 3.41. The van der Waals surface area contributed by atoms with E-state index in [0.29, 0.717) is 12.2 Å². The van der Waals surface area contributed by atoms with Gasteiger partial charge in [0.25, 0.3) is 5.91 Å². The number of amides is 1. The van der Waals surface area contributed by atoms with Crippen molar-refractivity contribution in [2.24, 2.45) is 0 Å². The molecule has 27 heavy (non-hydrogen) atoms. The topological polar surface area (TPSA) is 75.7 Å². The van der Waals surface area contributed by atoms with Gasteiger partial charge in [-0.25, -0.2) is 17.1 Å². The van der Waals surface area contributed by atoms with Gasteiger partial charge < -0.3 is 10.1 Å².